The minimum Gasteiger partial charge on any atom is -0.495 e. The van der Waals surface area contributed by atoms with Gasteiger partial charge in [-0.1, -0.05) is 6.07 Å². The number of carbonyl (C=O) groups is 1. The van der Waals surface area contributed by atoms with E-state index in [0.29, 0.717) is 0 Å². The molecule has 3 rings (SSSR count). The molecular formula is C17H17FN2O4S. The zero-order valence-electron chi connectivity index (χ0n) is 13.5. The molecule has 0 atom stereocenters. The average molecular weight is 364 g/mol. The van der Waals surface area contributed by atoms with Crippen molar-refractivity contribution in [2.45, 2.75) is 23.8 Å². The summed E-state index contributed by atoms with van der Waals surface area (Å²) in [6.07, 6.45) is 1.59. The molecular weight excluding hydrogens is 347 g/mol. The van der Waals surface area contributed by atoms with E-state index in [1.54, 1.807) is 0 Å². The van der Waals surface area contributed by atoms with E-state index in [9.17, 15) is 17.6 Å². The summed E-state index contributed by atoms with van der Waals surface area (Å²) in [5.41, 5.74) is 0.405. The van der Waals surface area contributed by atoms with E-state index >= 15 is 0 Å². The molecule has 132 valence electrons. The number of rotatable bonds is 6. The van der Waals surface area contributed by atoms with Crippen LogP contribution in [0.1, 0.15) is 23.2 Å². The van der Waals surface area contributed by atoms with Crippen LogP contribution in [0.2, 0.25) is 0 Å². The van der Waals surface area contributed by atoms with Crippen LogP contribution in [-0.2, 0) is 10.0 Å². The van der Waals surface area contributed by atoms with Crippen molar-refractivity contribution in [2.24, 2.45) is 0 Å². The Hall–Kier alpha value is -2.45. The molecule has 1 fully saturated rings. The van der Waals surface area contributed by atoms with Gasteiger partial charge in [-0.3, -0.25) is 4.79 Å². The van der Waals surface area contributed by atoms with Crippen LogP contribution in [0.5, 0.6) is 5.75 Å². The predicted molar refractivity (Wildman–Crippen MR) is 90.7 cm³/mol. The smallest absolute Gasteiger partial charge is 0.255 e. The normalized spacial score (nSPS) is 14.2. The van der Waals surface area contributed by atoms with Gasteiger partial charge in [0.25, 0.3) is 5.91 Å². The second-order valence-electron chi connectivity index (χ2n) is 5.73. The van der Waals surface area contributed by atoms with Crippen molar-refractivity contribution in [1.82, 2.24) is 4.72 Å². The molecule has 0 radical (unpaired) electrons. The van der Waals surface area contributed by atoms with Gasteiger partial charge in [0.15, 0.2) is 0 Å². The molecule has 2 aromatic rings. The Kier molecular flexibility index (Phi) is 4.73. The summed E-state index contributed by atoms with van der Waals surface area (Å²) >= 11 is 0. The first-order chi connectivity index (χ1) is 11.9. The van der Waals surface area contributed by atoms with E-state index in [0.717, 1.165) is 12.8 Å². The van der Waals surface area contributed by atoms with Crippen LogP contribution in [0.15, 0.2) is 47.4 Å². The number of nitrogens with one attached hydrogen (secondary N) is 2. The van der Waals surface area contributed by atoms with Crippen LogP contribution in [-0.4, -0.2) is 27.5 Å². The van der Waals surface area contributed by atoms with E-state index in [2.05, 4.69) is 10.0 Å². The Morgan fingerprint density at radius 1 is 1.20 bits per heavy atom. The van der Waals surface area contributed by atoms with Gasteiger partial charge in [-0.25, -0.2) is 17.5 Å². The molecule has 0 saturated heterocycles. The van der Waals surface area contributed by atoms with Gasteiger partial charge >= 0.3 is 0 Å². The zero-order valence-corrected chi connectivity index (χ0v) is 14.3. The largest absolute Gasteiger partial charge is 0.495 e. The molecule has 0 unspecified atom stereocenters. The first-order valence-electron chi connectivity index (χ1n) is 7.66. The molecule has 25 heavy (non-hydrogen) atoms. The zero-order chi connectivity index (χ0) is 18.0. The Balaban J connectivity index is 1.89. The van der Waals surface area contributed by atoms with Crippen molar-refractivity contribution < 1.29 is 22.3 Å². The first kappa shape index (κ1) is 17.4. The first-order valence-corrected chi connectivity index (χ1v) is 9.14. The molecule has 8 heteroatoms. The fraction of sp³-hybridized carbons (Fsp3) is 0.235. The highest BCUT2D eigenvalue weighted by Gasteiger charge is 2.30. The van der Waals surface area contributed by atoms with Crippen molar-refractivity contribution in [3.8, 4) is 5.75 Å². The van der Waals surface area contributed by atoms with Crippen LogP contribution >= 0.6 is 0 Å². The number of sulfonamides is 1. The van der Waals surface area contributed by atoms with Crippen molar-refractivity contribution in [3.05, 3.63) is 53.8 Å². The molecule has 1 aliphatic rings. The Morgan fingerprint density at radius 3 is 2.60 bits per heavy atom. The van der Waals surface area contributed by atoms with Crippen molar-refractivity contribution in [2.75, 3.05) is 12.4 Å². The average Bonchev–Trinajstić information content (AvgIpc) is 3.37. The van der Waals surface area contributed by atoms with E-state index < -0.39 is 21.7 Å². The quantitative estimate of drug-likeness (QED) is 0.825. The lowest BCUT2D eigenvalue weighted by molar-refractivity contribution is 0.102. The Labute approximate surface area is 145 Å². The summed E-state index contributed by atoms with van der Waals surface area (Å²) < 4.78 is 45.8. The second kappa shape index (κ2) is 6.81. The number of hydrogen-bond acceptors (Lipinski definition) is 4. The highest BCUT2D eigenvalue weighted by Crippen LogP contribution is 2.28. The van der Waals surface area contributed by atoms with Gasteiger partial charge in [0.2, 0.25) is 10.0 Å². The highest BCUT2D eigenvalue weighted by molar-refractivity contribution is 7.89. The third-order valence-corrected chi connectivity index (χ3v) is 5.24. The molecule has 1 aliphatic carbocycles. The number of carbonyl (C=O) groups excluding carboxylic acids is 1. The number of ether oxygens (including phenoxy) is 1. The number of benzene rings is 2. The van der Waals surface area contributed by atoms with Gasteiger partial charge in [-0.15, -0.1) is 0 Å². The lowest BCUT2D eigenvalue weighted by atomic mass is 10.2. The molecule has 0 spiro atoms. The molecule has 0 heterocycles. The highest BCUT2D eigenvalue weighted by atomic mass is 32.2. The van der Waals surface area contributed by atoms with Crippen LogP contribution in [0.4, 0.5) is 10.1 Å². The molecule has 0 aromatic heterocycles. The van der Waals surface area contributed by atoms with Crippen molar-refractivity contribution >= 4 is 21.6 Å². The summed E-state index contributed by atoms with van der Waals surface area (Å²) in [7, 11) is -2.43. The van der Waals surface area contributed by atoms with Crippen LogP contribution in [0, 0.1) is 5.82 Å². The standard InChI is InChI=1S/C17H17FN2O4S/c1-24-15-8-5-11(9-16(15)25(22,23)20-13-6-7-13)17(21)19-14-4-2-3-12(18)10-14/h2-5,8-10,13,20H,6-7H2,1H3,(H,19,21). The monoisotopic (exact) mass is 364 g/mol. The lowest BCUT2D eigenvalue weighted by Gasteiger charge is -2.12. The molecule has 1 saturated carbocycles. The number of anilines is 1. The minimum absolute atomic E-state index is 0.0699. The molecule has 1 amide bonds. The second-order valence-corrected chi connectivity index (χ2v) is 7.41. The SMILES string of the molecule is COc1ccc(C(=O)Nc2cccc(F)c2)cc1S(=O)(=O)NC1CC1. The topological polar surface area (TPSA) is 84.5 Å². The van der Waals surface area contributed by atoms with Crippen LogP contribution < -0.4 is 14.8 Å². The van der Waals surface area contributed by atoms with E-state index in [4.69, 9.17) is 4.74 Å². The van der Waals surface area contributed by atoms with E-state index in [1.807, 2.05) is 0 Å². The summed E-state index contributed by atoms with van der Waals surface area (Å²) in [5.74, 6) is -0.879. The summed E-state index contributed by atoms with van der Waals surface area (Å²) in [4.78, 5) is 12.2. The van der Waals surface area contributed by atoms with Crippen LogP contribution in [0.3, 0.4) is 0 Å². The molecule has 0 bridgehead atoms. The third-order valence-electron chi connectivity index (χ3n) is 3.70. The number of hydrogen-bond donors (Lipinski definition) is 2. The van der Waals surface area contributed by atoms with Gasteiger partial charge in [0, 0.05) is 17.3 Å². The number of methoxy groups -OCH3 is 1. The number of amides is 1. The minimum atomic E-state index is -3.79. The Bertz CT molecular complexity index is 911. The van der Waals surface area contributed by atoms with Gasteiger partial charge < -0.3 is 10.1 Å². The van der Waals surface area contributed by atoms with Gasteiger partial charge in [0.1, 0.15) is 16.5 Å². The number of halogens is 1. The third kappa shape index (κ3) is 4.15. The van der Waals surface area contributed by atoms with Gasteiger partial charge in [-0.2, -0.15) is 0 Å². The maximum atomic E-state index is 13.2. The maximum absolute atomic E-state index is 13.2. The molecule has 0 aliphatic heterocycles. The summed E-state index contributed by atoms with van der Waals surface area (Å²) in [6, 6.07) is 9.49. The van der Waals surface area contributed by atoms with Gasteiger partial charge in [0.05, 0.1) is 7.11 Å². The molecule has 2 N–H and O–H groups in total. The maximum Gasteiger partial charge on any atom is 0.255 e. The molecule has 6 nitrogen and oxygen atoms in total. The summed E-state index contributed by atoms with van der Waals surface area (Å²) in [5, 5.41) is 2.53. The Morgan fingerprint density at radius 2 is 1.96 bits per heavy atom. The fourth-order valence-corrected chi connectivity index (χ4v) is 3.78. The van der Waals surface area contributed by atoms with Crippen molar-refractivity contribution in [1.29, 1.82) is 0 Å². The summed E-state index contributed by atoms with van der Waals surface area (Å²) in [6.45, 7) is 0. The van der Waals surface area contributed by atoms with Crippen LogP contribution in [0.25, 0.3) is 0 Å². The fourth-order valence-electron chi connectivity index (χ4n) is 2.28. The predicted octanol–water partition coefficient (Wildman–Crippen LogP) is 2.53. The van der Waals surface area contributed by atoms with E-state index in [1.165, 1.54) is 49.6 Å². The van der Waals surface area contributed by atoms with E-state index in [-0.39, 0.29) is 27.9 Å². The lowest BCUT2D eigenvalue weighted by Crippen LogP contribution is -2.26. The van der Waals surface area contributed by atoms with Crippen molar-refractivity contribution in [3.63, 3.8) is 0 Å². The molecule has 2 aromatic carbocycles. The van der Waals surface area contributed by atoms with Gasteiger partial charge in [-0.05, 0) is 49.2 Å².